The van der Waals surface area contributed by atoms with Crippen LogP contribution in [0, 0.1) is 11.9 Å². The number of nitrogens with zero attached hydrogens (tertiary/aromatic N) is 3. The fourth-order valence-electron chi connectivity index (χ4n) is 4.19. The van der Waals surface area contributed by atoms with Crippen LogP contribution in [0.25, 0.3) is 11.1 Å². The Morgan fingerprint density at radius 3 is 2.70 bits per heavy atom. The molecule has 2 aliphatic heterocycles. The van der Waals surface area contributed by atoms with Crippen molar-refractivity contribution in [1.29, 1.82) is 0 Å². The number of fused-ring (bicyclic) bond motifs is 4. The third kappa shape index (κ3) is 2.56. The summed E-state index contributed by atoms with van der Waals surface area (Å²) in [5.74, 6) is 0.149. The van der Waals surface area contributed by atoms with E-state index in [4.69, 9.17) is 15.5 Å². The molecule has 0 radical (unpaired) electrons. The fourth-order valence-corrected chi connectivity index (χ4v) is 5.14. The first-order valence-electron chi connectivity index (χ1n) is 9.67. The van der Waals surface area contributed by atoms with Crippen molar-refractivity contribution in [2.75, 3.05) is 5.75 Å². The van der Waals surface area contributed by atoms with Crippen LogP contribution in [0.1, 0.15) is 35.6 Å². The molecule has 1 atom stereocenters. The average molecular weight is 422 g/mol. The molecule has 3 aromatic rings. The van der Waals surface area contributed by atoms with Gasteiger partial charge < -0.3 is 10.5 Å². The van der Waals surface area contributed by atoms with E-state index in [1.54, 1.807) is 24.3 Å². The molecule has 2 N–H and O–H groups in total. The van der Waals surface area contributed by atoms with Gasteiger partial charge in [0.05, 0.1) is 0 Å². The van der Waals surface area contributed by atoms with Gasteiger partial charge in [-0.1, -0.05) is 17.8 Å². The number of hydrogen-bond donors (Lipinski definition) is 1. The number of ether oxygens (including phenoxy) is 1. The van der Waals surface area contributed by atoms with Crippen molar-refractivity contribution < 1.29 is 13.5 Å². The van der Waals surface area contributed by atoms with E-state index >= 15 is 0 Å². The number of rotatable bonds is 2. The Morgan fingerprint density at radius 2 is 1.97 bits per heavy atom. The summed E-state index contributed by atoms with van der Waals surface area (Å²) in [5, 5.41) is 0.428. The van der Waals surface area contributed by atoms with Crippen molar-refractivity contribution in [3.63, 3.8) is 0 Å². The van der Waals surface area contributed by atoms with Gasteiger partial charge >= 0.3 is 0 Å². The van der Waals surface area contributed by atoms with Crippen LogP contribution in [0.3, 0.4) is 0 Å². The molecule has 0 amide bonds. The second-order valence-electron chi connectivity index (χ2n) is 7.74. The van der Waals surface area contributed by atoms with Crippen LogP contribution in [0.4, 0.5) is 8.78 Å². The van der Waals surface area contributed by atoms with E-state index in [1.807, 2.05) is 12.1 Å². The maximum Gasteiger partial charge on any atom is 0.256 e. The van der Waals surface area contributed by atoms with E-state index < -0.39 is 17.4 Å². The van der Waals surface area contributed by atoms with Gasteiger partial charge in [-0.2, -0.15) is 8.78 Å². The lowest BCUT2D eigenvalue weighted by Crippen LogP contribution is -2.31. The summed E-state index contributed by atoms with van der Waals surface area (Å²) in [6, 6.07) is 10.5. The van der Waals surface area contributed by atoms with E-state index in [2.05, 4.69) is 9.97 Å². The van der Waals surface area contributed by atoms with Crippen LogP contribution in [-0.2, 0) is 5.54 Å². The number of hydrogen-bond acceptors (Lipinski definition) is 6. The summed E-state index contributed by atoms with van der Waals surface area (Å²) < 4.78 is 35.2. The summed E-state index contributed by atoms with van der Waals surface area (Å²) in [4.78, 5) is 12.6. The second-order valence-corrected chi connectivity index (χ2v) is 8.74. The lowest BCUT2D eigenvalue weighted by Gasteiger charge is -2.35. The van der Waals surface area contributed by atoms with Gasteiger partial charge in [0.15, 0.2) is 10.9 Å². The Labute approximate surface area is 175 Å². The van der Waals surface area contributed by atoms with Crippen LogP contribution in [-0.4, -0.2) is 20.9 Å². The fraction of sp³-hybridized carbons (Fsp3) is 0.227. The minimum Gasteiger partial charge on any atom is -0.452 e. The molecule has 2 aromatic heterocycles. The maximum absolute atomic E-state index is 15.0. The third-order valence-corrected chi connectivity index (χ3v) is 6.78. The smallest absolute Gasteiger partial charge is 0.256 e. The Balaban J connectivity index is 1.59. The van der Waals surface area contributed by atoms with E-state index in [1.165, 1.54) is 18.0 Å². The lowest BCUT2D eigenvalue weighted by molar-refractivity contribution is 0.378. The number of benzene rings is 1. The van der Waals surface area contributed by atoms with Crippen molar-refractivity contribution in [2.45, 2.75) is 24.3 Å². The lowest BCUT2D eigenvalue weighted by atomic mass is 9.81. The predicted molar refractivity (Wildman–Crippen MR) is 111 cm³/mol. The van der Waals surface area contributed by atoms with Crippen molar-refractivity contribution in [2.24, 2.45) is 10.7 Å². The molecule has 3 aliphatic rings. The molecule has 1 spiro atoms. The van der Waals surface area contributed by atoms with Crippen LogP contribution in [0.5, 0.6) is 11.5 Å². The normalized spacial score (nSPS) is 21.7. The highest BCUT2D eigenvalue weighted by Gasteiger charge is 2.48. The number of halogens is 2. The minimum absolute atomic E-state index is 0.0891. The number of nitrogens with two attached hydrogens (primary N) is 1. The molecule has 1 aromatic carbocycles. The molecule has 6 rings (SSSR count). The molecule has 8 heteroatoms. The van der Waals surface area contributed by atoms with Gasteiger partial charge in [0.2, 0.25) is 5.95 Å². The monoisotopic (exact) mass is 422 g/mol. The Morgan fingerprint density at radius 1 is 1.10 bits per heavy atom. The number of amidine groups is 1. The SMILES string of the molecule is NC1=N[C@@]2(CS1)c1cc(-c3cccnc3F)ccc1Oc1c2cc(C2CC2)nc1F. The van der Waals surface area contributed by atoms with Crippen LogP contribution in [0.15, 0.2) is 47.6 Å². The van der Waals surface area contributed by atoms with Gasteiger partial charge in [-0.15, -0.1) is 0 Å². The molecule has 5 nitrogen and oxygen atoms in total. The number of aromatic nitrogens is 2. The zero-order chi connectivity index (χ0) is 20.5. The Bertz CT molecular complexity index is 1240. The van der Waals surface area contributed by atoms with E-state index in [0.29, 0.717) is 33.4 Å². The topological polar surface area (TPSA) is 73.4 Å². The molecule has 0 unspecified atom stereocenters. The van der Waals surface area contributed by atoms with E-state index in [-0.39, 0.29) is 11.7 Å². The first kappa shape index (κ1) is 17.8. The summed E-state index contributed by atoms with van der Waals surface area (Å²) in [6.45, 7) is 0. The highest BCUT2D eigenvalue weighted by Crippen LogP contribution is 2.55. The summed E-state index contributed by atoms with van der Waals surface area (Å²) in [7, 11) is 0. The van der Waals surface area contributed by atoms with Crippen LogP contribution in [0.2, 0.25) is 0 Å². The van der Waals surface area contributed by atoms with Gasteiger partial charge in [0.25, 0.3) is 5.95 Å². The molecule has 1 aliphatic carbocycles. The van der Waals surface area contributed by atoms with E-state index in [0.717, 1.165) is 24.1 Å². The van der Waals surface area contributed by atoms with Crippen molar-refractivity contribution in [3.8, 4) is 22.6 Å². The summed E-state index contributed by atoms with van der Waals surface area (Å²) in [6.07, 6.45) is 3.41. The third-order valence-electron chi connectivity index (χ3n) is 5.83. The van der Waals surface area contributed by atoms with Crippen molar-refractivity contribution >= 4 is 16.9 Å². The highest BCUT2D eigenvalue weighted by atomic mass is 32.2. The van der Waals surface area contributed by atoms with Gasteiger partial charge in [0.1, 0.15) is 11.3 Å². The highest BCUT2D eigenvalue weighted by molar-refractivity contribution is 8.14. The summed E-state index contributed by atoms with van der Waals surface area (Å²) in [5.41, 5.74) is 8.27. The van der Waals surface area contributed by atoms with Crippen LogP contribution < -0.4 is 10.5 Å². The van der Waals surface area contributed by atoms with E-state index in [9.17, 15) is 8.78 Å². The van der Waals surface area contributed by atoms with Gasteiger partial charge in [-0.25, -0.2) is 15.0 Å². The molecule has 150 valence electrons. The largest absolute Gasteiger partial charge is 0.452 e. The van der Waals surface area contributed by atoms with Gasteiger partial charge in [-0.3, -0.25) is 0 Å². The molecular formula is C22H16F2N4OS. The van der Waals surface area contributed by atoms with Crippen molar-refractivity contribution in [3.05, 3.63) is 71.3 Å². The number of thioether (sulfide) groups is 1. The number of aliphatic imine (C=N–C) groups is 1. The maximum atomic E-state index is 15.0. The van der Waals surface area contributed by atoms with Crippen LogP contribution >= 0.6 is 11.8 Å². The molecule has 1 fully saturated rings. The molecule has 0 bridgehead atoms. The second kappa shape index (κ2) is 6.25. The average Bonchev–Trinajstić information content (AvgIpc) is 3.52. The van der Waals surface area contributed by atoms with Gasteiger partial charge in [-0.05, 0) is 48.7 Å². The van der Waals surface area contributed by atoms with Gasteiger partial charge in [0, 0.05) is 40.3 Å². The molecule has 30 heavy (non-hydrogen) atoms. The molecular weight excluding hydrogens is 406 g/mol. The standard InChI is InChI=1S/C22H16F2N4OS/c23-19-13(2-1-7-26-19)12-5-6-17-14(8-12)22(10-30-21(25)28-22)15-9-16(11-3-4-11)27-20(24)18(15)29-17/h1-2,5-9,11H,3-4,10H2,(H2,25,28)/t22-/m0/s1. The molecule has 1 saturated carbocycles. The zero-order valence-corrected chi connectivity index (χ0v) is 16.5. The zero-order valence-electron chi connectivity index (χ0n) is 15.7. The Hall–Kier alpha value is -3.00. The summed E-state index contributed by atoms with van der Waals surface area (Å²) >= 11 is 1.41. The quantitative estimate of drug-likeness (QED) is 0.606. The predicted octanol–water partition coefficient (Wildman–Crippen LogP) is 4.71. The first-order chi connectivity index (χ1) is 14.5. The molecule has 4 heterocycles. The minimum atomic E-state index is -0.903. The number of pyridine rings is 2. The first-order valence-corrected chi connectivity index (χ1v) is 10.7. The Kier molecular flexibility index (Phi) is 3.71. The molecule has 0 saturated heterocycles. The van der Waals surface area contributed by atoms with Crippen molar-refractivity contribution in [1.82, 2.24) is 9.97 Å².